The predicted octanol–water partition coefficient (Wildman–Crippen LogP) is 6.25. The topological polar surface area (TPSA) is 21.6 Å². The van der Waals surface area contributed by atoms with Gasteiger partial charge in [-0.1, -0.05) is 106 Å². The first kappa shape index (κ1) is 17.2. The Morgan fingerprint density at radius 1 is 0.800 bits per heavy atom. The van der Waals surface area contributed by atoms with E-state index in [9.17, 15) is 0 Å². The van der Waals surface area contributed by atoms with Crippen molar-refractivity contribution in [3.05, 3.63) is 112 Å². The molecule has 3 aromatic carbocycles. The molecule has 0 saturated heterocycles. The Bertz CT molecular complexity index is 844. The van der Waals surface area contributed by atoms with E-state index in [1.807, 2.05) is 84.9 Å². The number of benzene rings is 3. The van der Waals surface area contributed by atoms with Gasteiger partial charge >= 0.3 is 0 Å². The van der Waals surface area contributed by atoms with Crippen LogP contribution in [0, 0.1) is 0 Å². The number of hydrogen-bond acceptors (Lipinski definition) is 2. The molecule has 1 atom stereocenters. The Balaban J connectivity index is 1.77. The molecule has 124 valence electrons. The second-order valence-electron chi connectivity index (χ2n) is 5.46. The highest BCUT2D eigenvalue weighted by molar-refractivity contribution is 9.10. The fourth-order valence-electron chi connectivity index (χ4n) is 2.35. The van der Waals surface area contributed by atoms with Crippen molar-refractivity contribution in [2.75, 3.05) is 0 Å². The minimum absolute atomic E-state index is 0.250. The van der Waals surface area contributed by atoms with E-state index in [1.54, 1.807) is 6.21 Å². The van der Waals surface area contributed by atoms with E-state index in [2.05, 4.69) is 33.2 Å². The summed E-state index contributed by atoms with van der Waals surface area (Å²) < 4.78 is 0.985. The Morgan fingerprint density at radius 2 is 1.44 bits per heavy atom. The second kappa shape index (κ2) is 9.00. The quantitative estimate of drug-likeness (QED) is 0.359. The Labute approximate surface area is 156 Å². The lowest BCUT2D eigenvalue weighted by atomic mass is 10.1. The molecular formula is C22H18BrNO. The molecule has 0 fully saturated rings. The SMILES string of the molecule is Brc1ccccc1/C=N/OC(/C=C/c1ccccc1)c1ccccc1. The third kappa shape index (κ3) is 5.16. The summed E-state index contributed by atoms with van der Waals surface area (Å²) in [5.74, 6) is 0. The molecule has 1 unspecified atom stereocenters. The zero-order valence-corrected chi connectivity index (χ0v) is 15.2. The molecule has 2 nitrogen and oxygen atoms in total. The van der Waals surface area contributed by atoms with Crippen LogP contribution in [0.2, 0.25) is 0 Å². The lowest BCUT2D eigenvalue weighted by Gasteiger charge is -2.11. The van der Waals surface area contributed by atoms with Crippen LogP contribution in [-0.4, -0.2) is 6.21 Å². The molecule has 0 aromatic heterocycles. The third-order valence-corrected chi connectivity index (χ3v) is 4.38. The molecule has 0 bridgehead atoms. The van der Waals surface area contributed by atoms with Gasteiger partial charge in [0, 0.05) is 10.0 Å². The predicted molar refractivity (Wildman–Crippen MR) is 107 cm³/mol. The summed E-state index contributed by atoms with van der Waals surface area (Å²) >= 11 is 3.51. The lowest BCUT2D eigenvalue weighted by molar-refractivity contribution is 0.0948. The van der Waals surface area contributed by atoms with Crippen molar-refractivity contribution in [3.8, 4) is 0 Å². The van der Waals surface area contributed by atoms with Crippen LogP contribution in [0.15, 0.2) is 101 Å². The number of rotatable bonds is 6. The maximum Gasteiger partial charge on any atom is 0.171 e. The van der Waals surface area contributed by atoms with Crippen molar-refractivity contribution < 1.29 is 4.84 Å². The number of oxime groups is 1. The first-order chi connectivity index (χ1) is 12.3. The molecule has 3 heteroatoms. The van der Waals surface area contributed by atoms with Crippen LogP contribution in [0.4, 0.5) is 0 Å². The zero-order valence-electron chi connectivity index (χ0n) is 13.6. The summed E-state index contributed by atoms with van der Waals surface area (Å²) in [4.78, 5) is 5.77. The Morgan fingerprint density at radius 3 is 2.16 bits per heavy atom. The normalized spacial score (nSPS) is 12.5. The zero-order chi connectivity index (χ0) is 17.3. The molecule has 0 aliphatic rings. The van der Waals surface area contributed by atoms with Crippen LogP contribution < -0.4 is 0 Å². The highest BCUT2D eigenvalue weighted by Crippen LogP contribution is 2.21. The van der Waals surface area contributed by atoms with Crippen molar-refractivity contribution in [1.29, 1.82) is 0 Å². The van der Waals surface area contributed by atoms with E-state index in [4.69, 9.17) is 4.84 Å². The number of hydrogen-bond donors (Lipinski definition) is 0. The number of halogens is 1. The van der Waals surface area contributed by atoms with Crippen molar-refractivity contribution >= 4 is 28.2 Å². The summed E-state index contributed by atoms with van der Waals surface area (Å²) in [7, 11) is 0. The van der Waals surface area contributed by atoms with Crippen molar-refractivity contribution in [2.45, 2.75) is 6.10 Å². The molecule has 0 spiro atoms. The second-order valence-corrected chi connectivity index (χ2v) is 6.32. The van der Waals surface area contributed by atoms with E-state index in [0.29, 0.717) is 0 Å². The smallest absolute Gasteiger partial charge is 0.171 e. The third-order valence-electron chi connectivity index (χ3n) is 3.66. The molecule has 0 N–H and O–H groups in total. The van der Waals surface area contributed by atoms with Gasteiger partial charge in [-0.05, 0) is 23.3 Å². The van der Waals surface area contributed by atoms with Gasteiger partial charge in [-0.15, -0.1) is 0 Å². The molecule has 3 aromatic rings. The summed E-state index contributed by atoms with van der Waals surface area (Å²) in [5, 5.41) is 4.19. The molecule has 0 heterocycles. The maximum atomic E-state index is 5.77. The molecule has 0 amide bonds. The fourth-order valence-corrected chi connectivity index (χ4v) is 2.73. The van der Waals surface area contributed by atoms with Crippen LogP contribution in [0.25, 0.3) is 6.08 Å². The van der Waals surface area contributed by atoms with Crippen LogP contribution in [-0.2, 0) is 4.84 Å². The molecule has 3 rings (SSSR count). The van der Waals surface area contributed by atoms with Crippen LogP contribution >= 0.6 is 15.9 Å². The fraction of sp³-hybridized carbons (Fsp3) is 0.0455. The summed E-state index contributed by atoms with van der Waals surface area (Å²) in [6.07, 6.45) is 5.53. The van der Waals surface area contributed by atoms with Gasteiger partial charge in [-0.25, -0.2) is 0 Å². The first-order valence-corrected chi connectivity index (χ1v) is 8.84. The molecule has 0 radical (unpaired) electrons. The highest BCUT2D eigenvalue weighted by Gasteiger charge is 2.08. The van der Waals surface area contributed by atoms with Crippen molar-refractivity contribution in [2.24, 2.45) is 5.16 Å². The van der Waals surface area contributed by atoms with Crippen LogP contribution in [0.5, 0.6) is 0 Å². The summed E-state index contributed by atoms with van der Waals surface area (Å²) in [5.41, 5.74) is 3.15. The summed E-state index contributed by atoms with van der Waals surface area (Å²) in [6, 6.07) is 28.1. The van der Waals surface area contributed by atoms with Crippen molar-refractivity contribution in [1.82, 2.24) is 0 Å². The van der Waals surface area contributed by atoms with Gasteiger partial charge in [0.05, 0.1) is 6.21 Å². The summed E-state index contributed by atoms with van der Waals surface area (Å²) in [6.45, 7) is 0. The van der Waals surface area contributed by atoms with Gasteiger partial charge in [0.2, 0.25) is 0 Å². The van der Waals surface area contributed by atoms with E-state index in [0.717, 1.165) is 21.2 Å². The van der Waals surface area contributed by atoms with Gasteiger partial charge < -0.3 is 4.84 Å². The van der Waals surface area contributed by atoms with Crippen LogP contribution in [0.3, 0.4) is 0 Å². The Hall–Kier alpha value is -2.65. The van der Waals surface area contributed by atoms with Gasteiger partial charge in [-0.3, -0.25) is 0 Å². The molecule has 0 saturated carbocycles. The largest absolute Gasteiger partial charge is 0.383 e. The average Bonchev–Trinajstić information content (AvgIpc) is 2.67. The minimum atomic E-state index is -0.250. The molecular weight excluding hydrogens is 374 g/mol. The highest BCUT2D eigenvalue weighted by atomic mass is 79.9. The molecule has 25 heavy (non-hydrogen) atoms. The van der Waals surface area contributed by atoms with E-state index < -0.39 is 0 Å². The molecule has 0 aliphatic heterocycles. The maximum absolute atomic E-state index is 5.77. The van der Waals surface area contributed by atoms with E-state index >= 15 is 0 Å². The monoisotopic (exact) mass is 391 g/mol. The minimum Gasteiger partial charge on any atom is -0.383 e. The van der Waals surface area contributed by atoms with E-state index in [1.165, 1.54) is 0 Å². The van der Waals surface area contributed by atoms with Crippen molar-refractivity contribution in [3.63, 3.8) is 0 Å². The molecule has 0 aliphatic carbocycles. The van der Waals surface area contributed by atoms with Gasteiger partial charge in [-0.2, -0.15) is 0 Å². The van der Waals surface area contributed by atoms with E-state index in [-0.39, 0.29) is 6.10 Å². The number of nitrogens with zero attached hydrogens (tertiary/aromatic N) is 1. The average molecular weight is 392 g/mol. The van der Waals surface area contributed by atoms with Crippen LogP contribution in [0.1, 0.15) is 22.8 Å². The van der Waals surface area contributed by atoms with Gasteiger partial charge in [0.1, 0.15) is 0 Å². The Kier molecular flexibility index (Phi) is 6.18. The standard InChI is InChI=1S/C22H18BrNO/c23-21-14-8-7-13-20(21)17-24-25-22(19-11-5-2-6-12-19)16-15-18-9-3-1-4-10-18/h1-17,22H/b16-15+,24-17+. The van der Waals surface area contributed by atoms with Gasteiger partial charge in [0.25, 0.3) is 0 Å². The lowest BCUT2D eigenvalue weighted by Crippen LogP contribution is -1.97. The van der Waals surface area contributed by atoms with Gasteiger partial charge in [0.15, 0.2) is 6.10 Å². The first-order valence-electron chi connectivity index (χ1n) is 8.05.